The molecular weight excluding hydrogens is 252 g/mol. The van der Waals surface area contributed by atoms with Crippen molar-refractivity contribution in [2.75, 3.05) is 37.4 Å². The molecule has 1 heterocycles. The van der Waals surface area contributed by atoms with Crippen molar-refractivity contribution in [3.8, 4) is 0 Å². The van der Waals surface area contributed by atoms with Gasteiger partial charge in [-0.2, -0.15) is 0 Å². The molecule has 2 N–H and O–H groups in total. The number of rotatable bonds is 8. The molecule has 1 aliphatic rings. The predicted octanol–water partition coefficient (Wildman–Crippen LogP) is 2.63. The summed E-state index contributed by atoms with van der Waals surface area (Å²) in [6.07, 6.45) is 3.31. The predicted molar refractivity (Wildman–Crippen MR) is 70.3 cm³/mol. The van der Waals surface area contributed by atoms with Crippen LogP contribution in [0.2, 0.25) is 0 Å². The van der Waals surface area contributed by atoms with Crippen LogP contribution in [0.3, 0.4) is 0 Å². The number of aromatic nitrogens is 1. The molecule has 4 nitrogen and oxygen atoms in total. The zero-order chi connectivity index (χ0) is 13.7. The molecule has 0 aliphatic heterocycles. The molecule has 0 saturated heterocycles. The quantitative estimate of drug-likeness (QED) is 0.714. The molecule has 0 amide bonds. The average molecular weight is 271 g/mol. The first-order chi connectivity index (χ1) is 9.20. The van der Waals surface area contributed by atoms with Gasteiger partial charge < -0.3 is 15.4 Å². The smallest absolute Gasteiger partial charge is 0.168 e. The summed E-state index contributed by atoms with van der Waals surface area (Å²) in [5, 5.41) is 5.42. The minimum Gasteiger partial charge on any atom is -0.381 e. The lowest BCUT2D eigenvalue weighted by Gasteiger charge is -2.09. The fourth-order valence-electron chi connectivity index (χ4n) is 1.68. The number of nitrogens with one attached hydrogen (secondary N) is 2. The van der Waals surface area contributed by atoms with Crippen molar-refractivity contribution in [2.45, 2.75) is 19.3 Å². The van der Waals surface area contributed by atoms with Crippen LogP contribution in [0, 0.1) is 17.6 Å². The van der Waals surface area contributed by atoms with Gasteiger partial charge in [0.1, 0.15) is 0 Å². The number of halogens is 2. The van der Waals surface area contributed by atoms with Gasteiger partial charge in [0.05, 0.1) is 0 Å². The number of hydrogen-bond donors (Lipinski definition) is 2. The van der Waals surface area contributed by atoms with Gasteiger partial charge in [-0.15, -0.1) is 0 Å². The highest BCUT2D eigenvalue weighted by Crippen LogP contribution is 2.28. The van der Waals surface area contributed by atoms with Gasteiger partial charge in [0, 0.05) is 32.9 Å². The first kappa shape index (κ1) is 14.0. The van der Waals surface area contributed by atoms with Crippen molar-refractivity contribution >= 4 is 11.6 Å². The number of nitrogens with zero attached hydrogens (tertiary/aromatic N) is 1. The molecule has 0 atom stereocenters. The van der Waals surface area contributed by atoms with Gasteiger partial charge in [0.25, 0.3) is 0 Å². The van der Waals surface area contributed by atoms with Gasteiger partial charge >= 0.3 is 0 Å². The molecule has 0 radical (unpaired) electrons. The third-order valence-corrected chi connectivity index (χ3v) is 2.97. The molecule has 1 aromatic rings. The van der Waals surface area contributed by atoms with E-state index in [-0.39, 0.29) is 11.6 Å². The van der Waals surface area contributed by atoms with Crippen LogP contribution in [0.1, 0.15) is 19.3 Å². The van der Waals surface area contributed by atoms with E-state index in [4.69, 9.17) is 4.74 Å². The maximum atomic E-state index is 13.4. The Morgan fingerprint density at radius 3 is 2.74 bits per heavy atom. The Bertz CT molecular complexity index is 425. The zero-order valence-electron chi connectivity index (χ0n) is 11.0. The number of anilines is 2. The topological polar surface area (TPSA) is 46.2 Å². The molecule has 0 aromatic carbocycles. The van der Waals surface area contributed by atoms with Crippen LogP contribution in [-0.4, -0.2) is 31.8 Å². The molecule has 2 rings (SSSR count). The lowest BCUT2D eigenvalue weighted by molar-refractivity contribution is 0.124. The van der Waals surface area contributed by atoms with Gasteiger partial charge in [-0.3, -0.25) is 0 Å². The van der Waals surface area contributed by atoms with Gasteiger partial charge in [-0.05, 0) is 25.2 Å². The monoisotopic (exact) mass is 271 g/mol. The maximum absolute atomic E-state index is 13.4. The highest BCUT2D eigenvalue weighted by molar-refractivity contribution is 5.47. The van der Waals surface area contributed by atoms with E-state index in [1.165, 1.54) is 12.8 Å². The number of hydrogen-bond acceptors (Lipinski definition) is 4. The minimum absolute atomic E-state index is 0.0360. The van der Waals surface area contributed by atoms with E-state index >= 15 is 0 Å². The molecule has 106 valence electrons. The first-order valence-electron chi connectivity index (χ1n) is 6.56. The second-order valence-corrected chi connectivity index (χ2v) is 4.70. The second kappa shape index (κ2) is 6.65. The van der Waals surface area contributed by atoms with E-state index in [9.17, 15) is 8.78 Å². The Hall–Kier alpha value is -1.43. The molecule has 1 aromatic heterocycles. The summed E-state index contributed by atoms with van der Waals surface area (Å²) in [6.45, 7) is 2.02. The molecule has 0 bridgehead atoms. The second-order valence-electron chi connectivity index (χ2n) is 4.70. The van der Waals surface area contributed by atoms with Gasteiger partial charge in [-0.1, -0.05) is 0 Å². The van der Waals surface area contributed by atoms with Crippen LogP contribution in [-0.2, 0) is 4.74 Å². The Balaban J connectivity index is 1.71. The summed E-state index contributed by atoms with van der Waals surface area (Å²) in [6, 6.07) is 0.824. The maximum Gasteiger partial charge on any atom is 0.168 e. The summed E-state index contributed by atoms with van der Waals surface area (Å²) in [4.78, 5) is 3.83. The average Bonchev–Trinajstić information content (AvgIpc) is 3.20. The number of pyridine rings is 1. The fraction of sp³-hybridized carbons (Fsp3) is 0.615. The van der Waals surface area contributed by atoms with Crippen LogP contribution >= 0.6 is 0 Å². The third-order valence-electron chi connectivity index (χ3n) is 2.97. The Labute approximate surface area is 111 Å². The highest BCUT2D eigenvalue weighted by Gasteiger charge is 2.20. The van der Waals surface area contributed by atoms with E-state index in [1.54, 1.807) is 7.05 Å². The SMILES string of the molecule is CNc1nc(NCCCOCC2CC2)c(F)cc1F. The minimum atomic E-state index is -0.696. The van der Waals surface area contributed by atoms with Crippen molar-refractivity contribution in [3.05, 3.63) is 17.7 Å². The number of ether oxygens (including phenoxy) is 1. The van der Waals surface area contributed by atoms with Crippen molar-refractivity contribution in [1.29, 1.82) is 0 Å². The normalized spacial score (nSPS) is 14.5. The fourth-order valence-corrected chi connectivity index (χ4v) is 1.68. The van der Waals surface area contributed by atoms with E-state index in [1.807, 2.05) is 0 Å². The van der Waals surface area contributed by atoms with E-state index < -0.39 is 11.6 Å². The Kier molecular flexibility index (Phi) is 4.90. The molecule has 1 fully saturated rings. The lowest BCUT2D eigenvalue weighted by atomic mass is 10.3. The van der Waals surface area contributed by atoms with Crippen LogP contribution in [0.15, 0.2) is 6.07 Å². The van der Waals surface area contributed by atoms with Crippen molar-refractivity contribution in [1.82, 2.24) is 4.98 Å². The standard InChI is InChI=1S/C13H19F2N3O/c1-16-12-10(14)7-11(15)13(18-12)17-5-2-6-19-8-9-3-4-9/h7,9H,2-6,8H2,1H3,(H2,16,17,18). The summed E-state index contributed by atoms with van der Waals surface area (Å²) in [7, 11) is 1.54. The molecule has 0 spiro atoms. The third kappa shape index (κ3) is 4.31. The molecule has 1 aliphatic carbocycles. The van der Waals surface area contributed by atoms with Crippen LogP contribution in [0.5, 0.6) is 0 Å². The van der Waals surface area contributed by atoms with Crippen molar-refractivity contribution < 1.29 is 13.5 Å². The molecule has 0 unspecified atom stereocenters. The lowest BCUT2D eigenvalue weighted by Crippen LogP contribution is -2.10. The van der Waals surface area contributed by atoms with Crippen molar-refractivity contribution in [2.24, 2.45) is 5.92 Å². The summed E-state index contributed by atoms with van der Waals surface area (Å²) in [5.74, 6) is -0.530. The molecule has 6 heteroatoms. The van der Waals surface area contributed by atoms with E-state index in [2.05, 4.69) is 15.6 Å². The van der Waals surface area contributed by atoms with Crippen molar-refractivity contribution in [3.63, 3.8) is 0 Å². The Morgan fingerprint density at radius 2 is 2.05 bits per heavy atom. The van der Waals surface area contributed by atoms with Crippen LogP contribution in [0.4, 0.5) is 20.4 Å². The van der Waals surface area contributed by atoms with E-state index in [0.29, 0.717) is 13.2 Å². The zero-order valence-corrected chi connectivity index (χ0v) is 11.0. The molecular formula is C13H19F2N3O. The van der Waals surface area contributed by atoms with Gasteiger partial charge in [0.2, 0.25) is 0 Å². The summed E-state index contributed by atoms with van der Waals surface area (Å²) in [5.41, 5.74) is 0. The highest BCUT2D eigenvalue weighted by atomic mass is 19.1. The van der Waals surface area contributed by atoms with Crippen LogP contribution < -0.4 is 10.6 Å². The van der Waals surface area contributed by atoms with Crippen LogP contribution in [0.25, 0.3) is 0 Å². The summed E-state index contributed by atoms with van der Waals surface area (Å²) >= 11 is 0. The Morgan fingerprint density at radius 1 is 1.32 bits per heavy atom. The summed E-state index contributed by atoms with van der Waals surface area (Å²) < 4.78 is 32.1. The van der Waals surface area contributed by atoms with Gasteiger partial charge in [-0.25, -0.2) is 13.8 Å². The molecule has 19 heavy (non-hydrogen) atoms. The van der Waals surface area contributed by atoms with E-state index in [0.717, 1.165) is 25.0 Å². The molecule has 1 saturated carbocycles. The van der Waals surface area contributed by atoms with Gasteiger partial charge in [0.15, 0.2) is 23.3 Å². The largest absolute Gasteiger partial charge is 0.381 e. The first-order valence-corrected chi connectivity index (χ1v) is 6.56.